The zero-order chi connectivity index (χ0) is 23.5. The number of carbonyl (C=O) groups excluding carboxylic acids is 1. The number of anilines is 1. The third-order valence-electron chi connectivity index (χ3n) is 5.12. The molecule has 0 atom stereocenters. The first-order valence-corrected chi connectivity index (χ1v) is 9.72. The van der Waals surface area contributed by atoms with E-state index in [1.165, 1.54) is 12.1 Å². The van der Waals surface area contributed by atoms with Crippen molar-refractivity contribution in [3.63, 3.8) is 0 Å². The van der Waals surface area contributed by atoms with Crippen LogP contribution in [0.4, 0.5) is 32.0 Å². The van der Waals surface area contributed by atoms with Crippen molar-refractivity contribution in [2.24, 2.45) is 0 Å². The summed E-state index contributed by atoms with van der Waals surface area (Å²) in [5.41, 5.74) is -1.18. The van der Waals surface area contributed by atoms with Crippen LogP contribution in [0.1, 0.15) is 47.2 Å². The molecule has 0 radical (unpaired) electrons. The van der Waals surface area contributed by atoms with E-state index in [1.807, 2.05) is 0 Å². The summed E-state index contributed by atoms with van der Waals surface area (Å²) >= 11 is 0. The number of carbonyl (C=O) groups is 1. The number of aromatic nitrogens is 2. The van der Waals surface area contributed by atoms with Gasteiger partial charge in [-0.25, -0.2) is 0 Å². The number of alkyl halides is 6. The van der Waals surface area contributed by atoms with Crippen molar-refractivity contribution in [1.29, 1.82) is 5.26 Å². The van der Waals surface area contributed by atoms with Crippen LogP contribution in [0, 0.1) is 11.3 Å². The van der Waals surface area contributed by atoms with Crippen molar-refractivity contribution < 1.29 is 31.1 Å². The number of nitrogens with zero attached hydrogens (tertiary/aromatic N) is 3. The highest BCUT2D eigenvalue weighted by molar-refractivity contribution is 5.93. The summed E-state index contributed by atoms with van der Waals surface area (Å²) in [6, 6.07) is 4.65. The van der Waals surface area contributed by atoms with E-state index in [4.69, 9.17) is 5.26 Å². The molecular formula is C20H19F6N5O. The number of hydrogen-bond acceptors (Lipinski definition) is 4. The average Bonchev–Trinajstić information content (AvgIpc) is 3.15. The summed E-state index contributed by atoms with van der Waals surface area (Å²) in [4.78, 5) is 12.3. The van der Waals surface area contributed by atoms with E-state index in [-0.39, 0.29) is 23.3 Å². The lowest BCUT2D eigenvalue weighted by atomic mass is 9.90. The first kappa shape index (κ1) is 23.4. The zero-order valence-corrected chi connectivity index (χ0v) is 16.6. The molecule has 2 aromatic rings. The lowest BCUT2D eigenvalue weighted by Gasteiger charge is -2.30. The lowest BCUT2D eigenvalue weighted by molar-refractivity contribution is -0.142. The number of nitriles is 1. The van der Waals surface area contributed by atoms with E-state index in [1.54, 1.807) is 0 Å². The number of hydrogen-bond donors (Lipinski definition) is 2. The van der Waals surface area contributed by atoms with Crippen molar-refractivity contribution in [3.05, 3.63) is 47.3 Å². The minimum absolute atomic E-state index is 0.0201. The van der Waals surface area contributed by atoms with Crippen molar-refractivity contribution in [2.75, 3.05) is 5.32 Å². The van der Waals surface area contributed by atoms with Gasteiger partial charge in [0, 0.05) is 24.0 Å². The molecule has 1 saturated carbocycles. The Balaban J connectivity index is 1.53. The average molecular weight is 459 g/mol. The predicted molar refractivity (Wildman–Crippen MR) is 102 cm³/mol. The quantitative estimate of drug-likeness (QED) is 0.646. The molecule has 1 aromatic carbocycles. The van der Waals surface area contributed by atoms with Gasteiger partial charge in [-0.15, -0.1) is 0 Å². The minimum Gasteiger partial charge on any atom is -0.382 e. The molecule has 0 aliphatic heterocycles. The molecule has 172 valence electrons. The second-order valence-electron chi connectivity index (χ2n) is 7.58. The van der Waals surface area contributed by atoms with Gasteiger partial charge >= 0.3 is 12.4 Å². The smallest absolute Gasteiger partial charge is 0.382 e. The first-order chi connectivity index (χ1) is 14.9. The summed E-state index contributed by atoms with van der Waals surface area (Å²) in [6.45, 7) is -1.29. The molecular weight excluding hydrogens is 440 g/mol. The zero-order valence-electron chi connectivity index (χ0n) is 16.6. The van der Waals surface area contributed by atoms with E-state index in [0.717, 1.165) is 24.5 Å². The van der Waals surface area contributed by atoms with E-state index < -0.39 is 35.9 Å². The van der Waals surface area contributed by atoms with Gasteiger partial charge in [0.2, 0.25) is 0 Å². The fourth-order valence-corrected chi connectivity index (χ4v) is 3.60. The van der Waals surface area contributed by atoms with Gasteiger partial charge in [0.25, 0.3) is 5.91 Å². The summed E-state index contributed by atoms with van der Waals surface area (Å²) in [7, 11) is 0. The van der Waals surface area contributed by atoms with Gasteiger partial charge < -0.3 is 10.6 Å². The molecule has 0 unspecified atom stereocenters. The van der Waals surface area contributed by atoms with Gasteiger partial charge in [-0.05, 0) is 43.9 Å². The topological polar surface area (TPSA) is 82.7 Å². The Morgan fingerprint density at radius 2 is 1.78 bits per heavy atom. The van der Waals surface area contributed by atoms with Crippen LogP contribution < -0.4 is 10.6 Å². The van der Waals surface area contributed by atoms with E-state index >= 15 is 0 Å². The van der Waals surface area contributed by atoms with Crippen LogP contribution in [0.25, 0.3) is 0 Å². The van der Waals surface area contributed by atoms with E-state index in [0.29, 0.717) is 30.4 Å². The molecule has 6 nitrogen and oxygen atoms in total. The molecule has 2 N–H and O–H groups in total. The van der Waals surface area contributed by atoms with Crippen molar-refractivity contribution >= 4 is 11.6 Å². The Hall–Kier alpha value is -3.23. The van der Waals surface area contributed by atoms with Gasteiger partial charge in [0.1, 0.15) is 6.54 Å². The van der Waals surface area contributed by atoms with Crippen LogP contribution in [0.2, 0.25) is 0 Å². The third-order valence-corrected chi connectivity index (χ3v) is 5.12. The fourth-order valence-electron chi connectivity index (χ4n) is 3.60. The molecule has 32 heavy (non-hydrogen) atoms. The van der Waals surface area contributed by atoms with E-state index in [2.05, 4.69) is 15.7 Å². The lowest BCUT2D eigenvalue weighted by Crippen LogP contribution is -2.40. The first-order valence-electron chi connectivity index (χ1n) is 9.72. The molecule has 0 spiro atoms. The number of benzene rings is 1. The van der Waals surface area contributed by atoms with Crippen LogP contribution in [0.5, 0.6) is 0 Å². The number of halogens is 6. The SMILES string of the molecule is N#Cc1ccc(NC2CCC(NC(=O)c3cnn(CC(F)(F)F)c3)CC2)cc1C(F)(F)F. The summed E-state index contributed by atoms with van der Waals surface area (Å²) in [6.07, 6.45) is -4.76. The second-order valence-corrected chi connectivity index (χ2v) is 7.58. The monoisotopic (exact) mass is 459 g/mol. The molecule has 0 bridgehead atoms. The molecule has 1 heterocycles. The Bertz CT molecular complexity index is 999. The number of amides is 1. The highest BCUT2D eigenvalue weighted by Gasteiger charge is 2.34. The highest BCUT2D eigenvalue weighted by Crippen LogP contribution is 2.34. The third kappa shape index (κ3) is 6.15. The summed E-state index contributed by atoms with van der Waals surface area (Å²) in [5, 5.41) is 18.2. The van der Waals surface area contributed by atoms with Crippen LogP contribution in [0.3, 0.4) is 0 Å². The predicted octanol–water partition coefficient (Wildman–Crippen LogP) is 4.49. The Morgan fingerprint density at radius 1 is 1.12 bits per heavy atom. The summed E-state index contributed by atoms with van der Waals surface area (Å²) in [5.74, 6) is -0.531. The van der Waals surface area contributed by atoms with Crippen LogP contribution in [-0.2, 0) is 12.7 Å². The fraction of sp³-hybridized carbons (Fsp3) is 0.450. The Kier molecular flexibility index (Phi) is 6.66. The standard InChI is InChI=1S/C20H19F6N5O/c21-19(22,23)11-31-10-13(9-28-31)18(32)30-15-5-3-14(4-6-15)29-16-2-1-12(8-27)17(7-16)20(24,25)26/h1-2,7,9-10,14-15,29H,3-6,11H2,(H,30,32). The Morgan fingerprint density at radius 3 is 2.38 bits per heavy atom. The molecule has 1 aliphatic carbocycles. The molecule has 1 aromatic heterocycles. The summed E-state index contributed by atoms with van der Waals surface area (Å²) < 4.78 is 77.2. The molecule has 1 fully saturated rings. The van der Waals surface area contributed by atoms with E-state index in [9.17, 15) is 31.1 Å². The second kappa shape index (κ2) is 9.10. The van der Waals surface area contributed by atoms with Crippen LogP contribution in [0.15, 0.2) is 30.6 Å². The molecule has 3 rings (SSSR count). The Labute approximate surface area is 179 Å². The van der Waals surface area contributed by atoms with Crippen molar-refractivity contribution in [2.45, 2.75) is 56.7 Å². The molecule has 1 amide bonds. The minimum atomic E-state index is -4.64. The highest BCUT2D eigenvalue weighted by atomic mass is 19.4. The van der Waals surface area contributed by atoms with Crippen LogP contribution >= 0.6 is 0 Å². The molecule has 0 saturated heterocycles. The van der Waals surface area contributed by atoms with Crippen molar-refractivity contribution in [1.82, 2.24) is 15.1 Å². The van der Waals surface area contributed by atoms with Crippen LogP contribution in [-0.4, -0.2) is 33.9 Å². The number of rotatable bonds is 5. The van der Waals surface area contributed by atoms with Gasteiger partial charge in [-0.3, -0.25) is 9.48 Å². The molecule has 1 aliphatic rings. The van der Waals surface area contributed by atoms with Gasteiger partial charge in [-0.2, -0.15) is 36.7 Å². The maximum atomic E-state index is 13.1. The normalized spacial score (nSPS) is 19.3. The van der Waals surface area contributed by atoms with Gasteiger partial charge in [0.15, 0.2) is 0 Å². The largest absolute Gasteiger partial charge is 0.417 e. The maximum absolute atomic E-state index is 13.1. The number of nitrogens with one attached hydrogen (secondary N) is 2. The maximum Gasteiger partial charge on any atom is 0.417 e. The van der Waals surface area contributed by atoms with Gasteiger partial charge in [0.05, 0.1) is 29.0 Å². The van der Waals surface area contributed by atoms with Crippen molar-refractivity contribution in [3.8, 4) is 6.07 Å². The van der Waals surface area contributed by atoms with Gasteiger partial charge in [-0.1, -0.05) is 0 Å². The molecule has 12 heteroatoms.